The number of hydrogen-bond donors (Lipinski definition) is 1. The summed E-state index contributed by atoms with van der Waals surface area (Å²) >= 11 is 9.48. The van der Waals surface area contributed by atoms with E-state index in [1.165, 1.54) is 0 Å². The van der Waals surface area contributed by atoms with Gasteiger partial charge >= 0.3 is 0 Å². The number of fused-ring (bicyclic) bond motifs is 1. The zero-order valence-electron chi connectivity index (χ0n) is 11.1. The van der Waals surface area contributed by atoms with Crippen molar-refractivity contribution in [3.8, 4) is 11.8 Å². The highest BCUT2D eigenvalue weighted by Crippen LogP contribution is 2.55. The van der Waals surface area contributed by atoms with Gasteiger partial charge in [-0.05, 0) is 35.0 Å². The van der Waals surface area contributed by atoms with Crippen molar-refractivity contribution in [2.45, 2.75) is 18.1 Å². The molecule has 3 rings (SSSR count). The second-order valence-corrected chi connectivity index (χ2v) is 6.27. The average molecular weight is 365 g/mol. The quantitative estimate of drug-likeness (QED) is 0.828. The minimum Gasteiger partial charge on any atom is -0.464 e. The predicted octanol–water partition coefficient (Wildman–Crippen LogP) is 4.12. The standard InChI is InChI=1S/C16H11BrClNO2/c1-15(20)13-12(8-7-11(18)14(13)17)21-16(15,9-19)10-5-3-2-4-6-10/h2-8,20H,1H3. The first-order valence-electron chi connectivity index (χ1n) is 6.30. The Morgan fingerprint density at radius 2 is 1.90 bits per heavy atom. The normalized spacial score (nSPS) is 26.8. The molecule has 1 aliphatic heterocycles. The van der Waals surface area contributed by atoms with Crippen LogP contribution in [0.3, 0.4) is 0 Å². The zero-order valence-corrected chi connectivity index (χ0v) is 13.4. The SMILES string of the molecule is CC1(O)c2c(ccc(Cl)c2Br)OC1(C#N)c1ccccc1. The molecule has 0 fully saturated rings. The summed E-state index contributed by atoms with van der Waals surface area (Å²) in [6.07, 6.45) is 0. The molecule has 2 atom stereocenters. The van der Waals surface area contributed by atoms with E-state index >= 15 is 0 Å². The number of rotatable bonds is 1. The van der Waals surface area contributed by atoms with E-state index < -0.39 is 11.2 Å². The van der Waals surface area contributed by atoms with Gasteiger partial charge < -0.3 is 9.84 Å². The molecule has 0 bridgehead atoms. The molecule has 0 saturated heterocycles. The average Bonchev–Trinajstić information content (AvgIpc) is 2.72. The van der Waals surface area contributed by atoms with E-state index in [9.17, 15) is 10.4 Å². The number of ether oxygens (including phenoxy) is 1. The Bertz CT molecular complexity index is 755. The minimum absolute atomic E-state index is 0.446. The summed E-state index contributed by atoms with van der Waals surface area (Å²) < 4.78 is 6.42. The van der Waals surface area contributed by atoms with Gasteiger partial charge in [0.2, 0.25) is 0 Å². The molecule has 2 aromatic rings. The van der Waals surface area contributed by atoms with Gasteiger partial charge in [-0.2, -0.15) is 5.26 Å². The van der Waals surface area contributed by atoms with E-state index in [0.717, 1.165) is 0 Å². The molecule has 5 heteroatoms. The van der Waals surface area contributed by atoms with Crippen molar-refractivity contribution in [2.24, 2.45) is 0 Å². The Balaban J connectivity index is 2.29. The number of halogens is 2. The predicted molar refractivity (Wildman–Crippen MR) is 83.1 cm³/mol. The van der Waals surface area contributed by atoms with Gasteiger partial charge in [-0.15, -0.1) is 0 Å². The molecule has 21 heavy (non-hydrogen) atoms. The van der Waals surface area contributed by atoms with Gasteiger partial charge in [0.25, 0.3) is 5.60 Å². The third kappa shape index (κ3) is 1.82. The highest BCUT2D eigenvalue weighted by atomic mass is 79.9. The lowest BCUT2D eigenvalue weighted by Crippen LogP contribution is -2.46. The second kappa shape index (κ2) is 4.74. The third-order valence-corrected chi connectivity index (χ3v) is 5.20. The van der Waals surface area contributed by atoms with E-state index in [4.69, 9.17) is 16.3 Å². The molecule has 106 valence electrons. The van der Waals surface area contributed by atoms with Crippen molar-refractivity contribution in [3.05, 3.63) is 63.1 Å². The number of nitrogens with zero attached hydrogens (tertiary/aromatic N) is 1. The van der Waals surface area contributed by atoms with E-state index in [2.05, 4.69) is 22.0 Å². The summed E-state index contributed by atoms with van der Waals surface area (Å²) in [6, 6.07) is 14.5. The largest absolute Gasteiger partial charge is 0.464 e. The van der Waals surface area contributed by atoms with E-state index in [0.29, 0.717) is 26.4 Å². The summed E-state index contributed by atoms with van der Waals surface area (Å²) in [4.78, 5) is 0. The highest BCUT2D eigenvalue weighted by Gasteiger charge is 2.60. The van der Waals surface area contributed by atoms with Gasteiger partial charge in [0.1, 0.15) is 17.4 Å². The minimum atomic E-state index is -1.54. The Morgan fingerprint density at radius 3 is 2.52 bits per heavy atom. The van der Waals surface area contributed by atoms with Crippen LogP contribution in [0.4, 0.5) is 0 Å². The van der Waals surface area contributed by atoms with Gasteiger partial charge in [-0.25, -0.2) is 0 Å². The number of benzene rings is 2. The monoisotopic (exact) mass is 363 g/mol. The number of nitriles is 1. The Labute approximate surface area is 135 Å². The van der Waals surface area contributed by atoms with Crippen LogP contribution in [0.2, 0.25) is 5.02 Å². The van der Waals surface area contributed by atoms with Gasteiger partial charge in [0.05, 0.1) is 5.02 Å². The van der Waals surface area contributed by atoms with Crippen molar-refractivity contribution in [1.82, 2.24) is 0 Å². The zero-order chi connectivity index (χ0) is 15.3. The Morgan fingerprint density at radius 1 is 1.24 bits per heavy atom. The lowest BCUT2D eigenvalue weighted by atomic mass is 9.77. The number of hydrogen-bond acceptors (Lipinski definition) is 3. The first-order chi connectivity index (χ1) is 9.94. The maximum absolute atomic E-state index is 11.1. The molecule has 0 radical (unpaired) electrons. The Kier molecular flexibility index (Phi) is 3.25. The Hall–Kier alpha value is -1.54. The first-order valence-corrected chi connectivity index (χ1v) is 7.48. The van der Waals surface area contributed by atoms with Crippen LogP contribution in [-0.2, 0) is 11.2 Å². The molecule has 1 aliphatic rings. The fraction of sp³-hybridized carbons (Fsp3) is 0.188. The third-order valence-electron chi connectivity index (χ3n) is 3.83. The summed E-state index contributed by atoms with van der Waals surface area (Å²) in [5.74, 6) is 0.446. The van der Waals surface area contributed by atoms with Gasteiger partial charge in [-0.1, -0.05) is 41.9 Å². The summed E-state index contributed by atoms with van der Waals surface area (Å²) in [5.41, 5.74) is -1.97. The second-order valence-electron chi connectivity index (χ2n) is 5.07. The molecule has 2 aromatic carbocycles. The molecular formula is C16H11BrClNO2. The topological polar surface area (TPSA) is 53.2 Å². The summed E-state index contributed by atoms with van der Waals surface area (Å²) in [6.45, 7) is 1.57. The molecule has 2 unspecified atom stereocenters. The van der Waals surface area contributed by atoms with Crippen LogP contribution in [0.1, 0.15) is 18.1 Å². The molecule has 0 aromatic heterocycles. The lowest BCUT2D eigenvalue weighted by molar-refractivity contribution is -0.0731. The van der Waals surface area contributed by atoms with E-state index in [1.807, 2.05) is 6.07 Å². The van der Waals surface area contributed by atoms with Crippen molar-refractivity contribution in [1.29, 1.82) is 5.26 Å². The van der Waals surface area contributed by atoms with Crippen molar-refractivity contribution in [3.63, 3.8) is 0 Å². The van der Waals surface area contributed by atoms with Crippen LogP contribution >= 0.6 is 27.5 Å². The van der Waals surface area contributed by atoms with Crippen LogP contribution < -0.4 is 4.74 Å². The molecular weight excluding hydrogens is 354 g/mol. The summed E-state index contributed by atoms with van der Waals surface area (Å²) in [5, 5.41) is 21.3. The van der Waals surface area contributed by atoms with Crippen LogP contribution in [-0.4, -0.2) is 5.11 Å². The molecule has 0 saturated carbocycles. The van der Waals surface area contributed by atoms with Crippen LogP contribution in [0, 0.1) is 11.3 Å². The fourth-order valence-electron chi connectivity index (χ4n) is 2.72. The van der Waals surface area contributed by atoms with Crippen LogP contribution in [0.5, 0.6) is 5.75 Å². The molecule has 0 spiro atoms. The maximum Gasteiger partial charge on any atom is 0.251 e. The van der Waals surface area contributed by atoms with Crippen LogP contribution in [0.25, 0.3) is 0 Å². The smallest absolute Gasteiger partial charge is 0.251 e. The van der Waals surface area contributed by atoms with Crippen molar-refractivity contribution >= 4 is 27.5 Å². The molecule has 0 amide bonds. The van der Waals surface area contributed by atoms with Crippen molar-refractivity contribution < 1.29 is 9.84 Å². The molecule has 0 aliphatic carbocycles. The van der Waals surface area contributed by atoms with Gasteiger partial charge in [0, 0.05) is 15.6 Å². The lowest BCUT2D eigenvalue weighted by Gasteiger charge is -2.33. The van der Waals surface area contributed by atoms with Crippen LogP contribution in [0.15, 0.2) is 46.9 Å². The van der Waals surface area contributed by atoms with E-state index in [-0.39, 0.29) is 0 Å². The highest BCUT2D eigenvalue weighted by molar-refractivity contribution is 9.10. The molecule has 1 N–H and O–H groups in total. The molecule has 3 nitrogen and oxygen atoms in total. The van der Waals surface area contributed by atoms with E-state index in [1.54, 1.807) is 43.3 Å². The first kappa shape index (κ1) is 14.4. The van der Waals surface area contributed by atoms with Gasteiger partial charge in [-0.3, -0.25) is 0 Å². The molecule has 1 heterocycles. The van der Waals surface area contributed by atoms with Crippen molar-refractivity contribution in [2.75, 3.05) is 0 Å². The van der Waals surface area contributed by atoms with Gasteiger partial charge in [0.15, 0.2) is 0 Å². The summed E-state index contributed by atoms with van der Waals surface area (Å²) in [7, 11) is 0. The number of aliphatic hydroxyl groups is 1. The fourth-order valence-corrected chi connectivity index (χ4v) is 3.59. The maximum atomic E-state index is 11.1.